The van der Waals surface area contributed by atoms with Crippen molar-refractivity contribution in [1.82, 2.24) is 5.32 Å². The van der Waals surface area contributed by atoms with E-state index < -0.39 is 16.1 Å². The molecule has 2 aromatic rings. The van der Waals surface area contributed by atoms with Gasteiger partial charge in [0.25, 0.3) is 0 Å². The number of anilines is 1. The van der Waals surface area contributed by atoms with Crippen molar-refractivity contribution in [2.24, 2.45) is 0 Å². The number of phenolic OH excluding ortho intramolecular Hbond substituents is 1. The zero-order chi connectivity index (χ0) is 20.0. The second kappa shape index (κ2) is 9.07. The molecule has 2 atom stereocenters. The van der Waals surface area contributed by atoms with Crippen molar-refractivity contribution in [3.63, 3.8) is 0 Å². The van der Waals surface area contributed by atoms with Crippen LogP contribution in [0.4, 0.5) is 5.69 Å². The number of methoxy groups -OCH3 is 1. The molecule has 0 aliphatic heterocycles. The van der Waals surface area contributed by atoms with Crippen LogP contribution in [0, 0.1) is 0 Å². The minimum absolute atomic E-state index is 0.0774. The zero-order valence-electron chi connectivity index (χ0n) is 15.6. The number of ether oxygens (including phenoxy) is 1. The van der Waals surface area contributed by atoms with Gasteiger partial charge in [0.15, 0.2) is 0 Å². The number of aromatic hydroxyl groups is 1. The third kappa shape index (κ3) is 6.42. The minimum atomic E-state index is -3.48. The Balaban J connectivity index is 1.91. The Bertz CT molecular complexity index is 853. The summed E-state index contributed by atoms with van der Waals surface area (Å²) in [6, 6.07) is 11.9. The summed E-state index contributed by atoms with van der Waals surface area (Å²) in [5.41, 5.74) is 1.73. The van der Waals surface area contributed by atoms with Crippen LogP contribution in [0.25, 0.3) is 0 Å². The lowest BCUT2D eigenvalue weighted by atomic mass is 10.0. The summed E-state index contributed by atoms with van der Waals surface area (Å²) in [5, 5.41) is 23.7. The highest BCUT2D eigenvalue weighted by molar-refractivity contribution is 7.92. The molecule has 0 saturated heterocycles. The quantitative estimate of drug-likeness (QED) is 0.485. The Kier molecular flexibility index (Phi) is 7.06. The SMILES string of the molecule is COc1ccc(CCN[C@H](C)[C@@H](O)c2ccc(NS(C)(=O)=O)c(O)c2)cc1. The van der Waals surface area contributed by atoms with Crippen LogP contribution in [-0.2, 0) is 16.4 Å². The van der Waals surface area contributed by atoms with E-state index in [1.54, 1.807) is 13.2 Å². The molecule has 8 heteroatoms. The molecule has 0 bridgehead atoms. The fourth-order valence-corrected chi connectivity index (χ4v) is 3.23. The fraction of sp³-hybridized carbons (Fsp3) is 0.368. The number of rotatable bonds is 9. The van der Waals surface area contributed by atoms with Crippen molar-refractivity contribution in [2.45, 2.75) is 25.5 Å². The molecule has 0 radical (unpaired) electrons. The zero-order valence-corrected chi connectivity index (χ0v) is 16.5. The van der Waals surface area contributed by atoms with E-state index in [1.165, 1.54) is 12.1 Å². The van der Waals surface area contributed by atoms with E-state index in [0.29, 0.717) is 12.1 Å². The first-order valence-corrected chi connectivity index (χ1v) is 10.4. The van der Waals surface area contributed by atoms with E-state index in [-0.39, 0.29) is 17.5 Å². The lowest BCUT2D eigenvalue weighted by Gasteiger charge is -2.21. The smallest absolute Gasteiger partial charge is 0.229 e. The number of nitrogens with one attached hydrogen (secondary N) is 2. The number of aliphatic hydroxyl groups is 1. The van der Waals surface area contributed by atoms with Crippen molar-refractivity contribution >= 4 is 15.7 Å². The van der Waals surface area contributed by atoms with Crippen LogP contribution < -0.4 is 14.8 Å². The van der Waals surface area contributed by atoms with Gasteiger partial charge >= 0.3 is 0 Å². The molecule has 27 heavy (non-hydrogen) atoms. The first kappa shape index (κ1) is 21.0. The minimum Gasteiger partial charge on any atom is -0.506 e. The molecule has 0 heterocycles. The predicted molar refractivity (Wildman–Crippen MR) is 106 cm³/mol. The average Bonchev–Trinajstić information content (AvgIpc) is 2.62. The van der Waals surface area contributed by atoms with Gasteiger partial charge in [-0.15, -0.1) is 0 Å². The molecule has 2 aromatic carbocycles. The number of benzene rings is 2. The predicted octanol–water partition coefficient (Wildman–Crippen LogP) is 2.03. The molecule has 2 rings (SSSR count). The first-order chi connectivity index (χ1) is 12.7. The summed E-state index contributed by atoms with van der Waals surface area (Å²) >= 11 is 0. The Morgan fingerprint density at radius 3 is 2.37 bits per heavy atom. The van der Waals surface area contributed by atoms with Crippen LogP contribution >= 0.6 is 0 Å². The third-order valence-electron chi connectivity index (χ3n) is 4.17. The number of sulfonamides is 1. The van der Waals surface area contributed by atoms with Gasteiger partial charge in [-0.3, -0.25) is 4.72 Å². The molecule has 0 unspecified atom stereocenters. The van der Waals surface area contributed by atoms with Crippen molar-refractivity contribution in [2.75, 3.05) is 24.6 Å². The largest absolute Gasteiger partial charge is 0.506 e. The monoisotopic (exact) mass is 394 g/mol. The average molecular weight is 394 g/mol. The van der Waals surface area contributed by atoms with Crippen LogP contribution in [-0.4, -0.2) is 44.6 Å². The van der Waals surface area contributed by atoms with Crippen LogP contribution in [0.1, 0.15) is 24.2 Å². The second-order valence-electron chi connectivity index (χ2n) is 6.44. The van der Waals surface area contributed by atoms with Gasteiger partial charge in [0.05, 0.1) is 25.2 Å². The molecule has 7 nitrogen and oxygen atoms in total. The maximum atomic E-state index is 11.3. The third-order valence-corrected chi connectivity index (χ3v) is 4.76. The van der Waals surface area contributed by atoms with Crippen LogP contribution in [0.15, 0.2) is 42.5 Å². The lowest BCUT2D eigenvalue weighted by molar-refractivity contribution is 0.136. The number of hydrogen-bond donors (Lipinski definition) is 4. The van der Waals surface area contributed by atoms with Crippen molar-refractivity contribution in [1.29, 1.82) is 0 Å². The Hall–Kier alpha value is -2.29. The standard InChI is InChI=1S/C19H26N2O5S/c1-13(20-11-10-14-4-7-16(26-2)8-5-14)19(23)15-6-9-17(18(22)12-15)21-27(3,24)25/h4-9,12-13,19-23H,10-11H2,1-3H3/t13-,19-/m1/s1. The van der Waals surface area contributed by atoms with Gasteiger partial charge in [0.2, 0.25) is 10.0 Å². The van der Waals surface area contributed by atoms with Crippen molar-refractivity contribution in [3.8, 4) is 11.5 Å². The molecular weight excluding hydrogens is 368 g/mol. The Morgan fingerprint density at radius 1 is 1.15 bits per heavy atom. The van der Waals surface area contributed by atoms with E-state index in [4.69, 9.17) is 4.74 Å². The van der Waals surface area contributed by atoms with Crippen LogP contribution in [0.5, 0.6) is 11.5 Å². The molecule has 0 aliphatic rings. The van der Waals surface area contributed by atoms with Crippen molar-refractivity contribution < 1.29 is 23.4 Å². The highest BCUT2D eigenvalue weighted by atomic mass is 32.2. The summed E-state index contributed by atoms with van der Waals surface area (Å²) in [5.74, 6) is 0.575. The molecule has 0 saturated carbocycles. The van der Waals surface area contributed by atoms with Gasteiger partial charge < -0.3 is 20.3 Å². The highest BCUT2D eigenvalue weighted by Gasteiger charge is 2.18. The van der Waals surface area contributed by atoms with E-state index in [1.807, 2.05) is 31.2 Å². The van der Waals surface area contributed by atoms with E-state index in [9.17, 15) is 18.6 Å². The number of aliphatic hydroxyl groups excluding tert-OH is 1. The van der Waals surface area contributed by atoms with Gasteiger partial charge in [-0.25, -0.2) is 8.42 Å². The Morgan fingerprint density at radius 2 is 1.81 bits per heavy atom. The lowest BCUT2D eigenvalue weighted by Crippen LogP contribution is -2.33. The van der Waals surface area contributed by atoms with Gasteiger partial charge in [-0.1, -0.05) is 18.2 Å². The molecular formula is C19H26N2O5S. The summed E-state index contributed by atoms with van der Waals surface area (Å²) in [7, 11) is -1.86. The second-order valence-corrected chi connectivity index (χ2v) is 8.18. The van der Waals surface area contributed by atoms with Gasteiger partial charge in [0, 0.05) is 6.04 Å². The van der Waals surface area contributed by atoms with Crippen LogP contribution in [0.3, 0.4) is 0 Å². The normalized spacial score (nSPS) is 13.8. The van der Waals surface area contributed by atoms with Crippen molar-refractivity contribution in [3.05, 3.63) is 53.6 Å². The highest BCUT2D eigenvalue weighted by Crippen LogP contribution is 2.29. The van der Waals surface area contributed by atoms with Gasteiger partial charge in [-0.2, -0.15) is 0 Å². The van der Waals surface area contributed by atoms with E-state index in [0.717, 1.165) is 24.0 Å². The molecule has 148 valence electrons. The molecule has 0 spiro atoms. The molecule has 4 N–H and O–H groups in total. The molecule has 0 fully saturated rings. The van der Waals surface area contributed by atoms with Gasteiger partial charge in [-0.05, 0) is 55.3 Å². The first-order valence-electron chi connectivity index (χ1n) is 8.54. The van der Waals surface area contributed by atoms with Gasteiger partial charge in [0.1, 0.15) is 11.5 Å². The summed E-state index contributed by atoms with van der Waals surface area (Å²) < 4.78 is 29.9. The number of phenols is 1. The summed E-state index contributed by atoms with van der Waals surface area (Å²) in [6.45, 7) is 2.52. The summed E-state index contributed by atoms with van der Waals surface area (Å²) in [6.07, 6.45) is 0.951. The van der Waals surface area contributed by atoms with E-state index >= 15 is 0 Å². The maximum absolute atomic E-state index is 11.3. The number of hydrogen-bond acceptors (Lipinski definition) is 6. The molecule has 0 aliphatic carbocycles. The summed E-state index contributed by atoms with van der Waals surface area (Å²) in [4.78, 5) is 0. The fourth-order valence-electron chi connectivity index (χ4n) is 2.66. The topological polar surface area (TPSA) is 108 Å². The van der Waals surface area contributed by atoms with E-state index in [2.05, 4.69) is 10.0 Å². The molecule has 0 aromatic heterocycles. The molecule has 0 amide bonds. The maximum Gasteiger partial charge on any atom is 0.229 e. The Labute approximate surface area is 160 Å². The van der Waals surface area contributed by atoms with Crippen LogP contribution in [0.2, 0.25) is 0 Å².